The lowest BCUT2D eigenvalue weighted by Gasteiger charge is -2.34. The Morgan fingerprint density at radius 2 is 1.69 bits per heavy atom. The average Bonchev–Trinajstić information content (AvgIpc) is 3.47. The molecule has 0 radical (unpaired) electrons. The van der Waals surface area contributed by atoms with Crippen molar-refractivity contribution < 1.29 is 24.6 Å². The third kappa shape index (κ3) is 10.1. The van der Waals surface area contributed by atoms with Crippen molar-refractivity contribution in [3.05, 3.63) is 120 Å². The number of amides is 4. The van der Waals surface area contributed by atoms with Crippen LogP contribution in [0.4, 0.5) is 9.59 Å². The smallest absolute Gasteiger partial charge is 0.419 e. The number of aromatic nitrogens is 2. The highest BCUT2D eigenvalue weighted by molar-refractivity contribution is 5.88. The lowest BCUT2D eigenvalue weighted by atomic mass is 9.95. The molecule has 1 saturated heterocycles. The number of aryl methyl sites for hydroxylation is 1. The van der Waals surface area contributed by atoms with Gasteiger partial charge in [-0.1, -0.05) is 87.0 Å². The van der Waals surface area contributed by atoms with E-state index in [1.165, 1.54) is 5.01 Å². The Morgan fingerprint density at radius 1 is 0.941 bits per heavy atom. The van der Waals surface area contributed by atoms with Crippen LogP contribution in [0.3, 0.4) is 0 Å². The molecule has 5 rings (SSSR count). The number of rotatable bonds is 16. The number of hydrogen-bond acceptors (Lipinski definition) is 7. The van der Waals surface area contributed by atoms with Crippen LogP contribution in [0.5, 0.6) is 0 Å². The highest BCUT2D eigenvalue weighted by Gasteiger charge is 2.41. The van der Waals surface area contributed by atoms with Crippen LogP contribution < -0.4 is 10.7 Å². The Labute approximate surface area is 299 Å². The minimum absolute atomic E-state index is 0.111. The number of carbonyl (C=O) groups excluding carboxylic acids is 2. The first-order chi connectivity index (χ1) is 24.6. The predicted molar refractivity (Wildman–Crippen MR) is 194 cm³/mol. The molecule has 4 N–H and O–H groups in total. The highest BCUT2D eigenvalue weighted by Crippen LogP contribution is 2.23. The van der Waals surface area contributed by atoms with E-state index in [1.807, 2.05) is 112 Å². The van der Waals surface area contributed by atoms with Crippen molar-refractivity contribution in [3.8, 4) is 11.3 Å². The van der Waals surface area contributed by atoms with Gasteiger partial charge in [-0.2, -0.15) is 0 Å². The van der Waals surface area contributed by atoms with E-state index in [0.29, 0.717) is 32.5 Å². The van der Waals surface area contributed by atoms with Crippen molar-refractivity contribution in [2.75, 3.05) is 19.6 Å². The van der Waals surface area contributed by atoms with Crippen molar-refractivity contribution in [3.63, 3.8) is 0 Å². The average molecular weight is 694 g/mol. The zero-order chi connectivity index (χ0) is 36.3. The van der Waals surface area contributed by atoms with Crippen molar-refractivity contribution in [2.45, 2.75) is 64.9 Å². The summed E-state index contributed by atoms with van der Waals surface area (Å²) in [6, 6.07) is 26.7. The van der Waals surface area contributed by atoms with Gasteiger partial charge in [0.25, 0.3) is 0 Å². The number of carboxylic acid groups (broad SMARTS) is 1. The molecule has 4 amide bonds. The van der Waals surface area contributed by atoms with Gasteiger partial charge in [-0.05, 0) is 54.7 Å². The Bertz CT molecular complexity index is 1740. The van der Waals surface area contributed by atoms with E-state index in [9.17, 15) is 24.6 Å². The normalized spacial score (nSPS) is 15.4. The van der Waals surface area contributed by atoms with Crippen LogP contribution in [0, 0.1) is 12.8 Å². The van der Waals surface area contributed by atoms with Crippen molar-refractivity contribution in [1.29, 1.82) is 0 Å². The van der Waals surface area contributed by atoms with Gasteiger partial charge in [0.05, 0.1) is 30.1 Å². The molecular weight excluding hydrogens is 646 g/mol. The highest BCUT2D eigenvalue weighted by atomic mass is 16.4. The van der Waals surface area contributed by atoms with Gasteiger partial charge in [-0.3, -0.25) is 20.2 Å². The molecule has 12 nitrogen and oxygen atoms in total. The molecule has 0 spiro atoms. The van der Waals surface area contributed by atoms with E-state index in [1.54, 1.807) is 16.0 Å². The van der Waals surface area contributed by atoms with Crippen LogP contribution in [-0.2, 0) is 24.3 Å². The first kappa shape index (κ1) is 36.9. The SMILES string of the molecule is CCC(C)C(C(=O)NC(Cc1ccccc1)C(O)CN(Cc1ccc(-c2ccccn2)cc1)NC(=O)O)N1CCN(Cc2cccc(C)n2)C1=O. The predicted octanol–water partition coefficient (Wildman–Crippen LogP) is 4.88. The first-order valence-corrected chi connectivity index (χ1v) is 17.4. The van der Waals surface area contributed by atoms with Gasteiger partial charge in [-0.25, -0.2) is 14.6 Å². The summed E-state index contributed by atoms with van der Waals surface area (Å²) in [4.78, 5) is 52.0. The van der Waals surface area contributed by atoms with Gasteiger partial charge in [0.15, 0.2) is 0 Å². The number of urea groups is 1. The maximum atomic E-state index is 14.2. The second-order valence-electron chi connectivity index (χ2n) is 13.1. The van der Waals surface area contributed by atoms with Crippen molar-refractivity contribution in [2.24, 2.45) is 5.92 Å². The van der Waals surface area contributed by atoms with Crippen LogP contribution in [0.15, 0.2) is 97.2 Å². The van der Waals surface area contributed by atoms with Gasteiger partial charge < -0.3 is 25.3 Å². The summed E-state index contributed by atoms with van der Waals surface area (Å²) in [6.45, 7) is 7.08. The van der Waals surface area contributed by atoms with Gasteiger partial charge in [0.2, 0.25) is 5.91 Å². The third-order valence-corrected chi connectivity index (χ3v) is 9.25. The fraction of sp³-hybridized carbons (Fsp3) is 0.359. The van der Waals surface area contributed by atoms with Crippen LogP contribution in [0.2, 0.25) is 0 Å². The van der Waals surface area contributed by atoms with Gasteiger partial charge >= 0.3 is 12.1 Å². The standard InChI is InChI=1S/C39H47N7O5/c1-4-27(2)36(46-22-21-44(39(46)51)25-32-14-10-11-28(3)41-32)37(48)42-34(23-29-12-6-5-7-13-29)35(47)26-45(43-38(49)50)24-30-16-18-31(19-17-30)33-15-8-9-20-40-33/h5-20,27,34-36,43,47H,4,21-26H2,1-3H3,(H,42,48)(H,49,50). The van der Waals surface area contributed by atoms with Crippen LogP contribution >= 0.6 is 0 Å². The molecule has 4 aromatic rings. The molecule has 1 aliphatic rings. The minimum Gasteiger partial charge on any atom is -0.464 e. The summed E-state index contributed by atoms with van der Waals surface area (Å²) in [6.07, 6.45) is 0.221. The van der Waals surface area contributed by atoms with E-state index < -0.39 is 24.3 Å². The molecule has 1 fully saturated rings. The first-order valence-electron chi connectivity index (χ1n) is 17.4. The van der Waals surface area contributed by atoms with Gasteiger partial charge in [-0.15, -0.1) is 0 Å². The van der Waals surface area contributed by atoms with Crippen molar-refractivity contribution in [1.82, 2.24) is 35.5 Å². The summed E-state index contributed by atoms with van der Waals surface area (Å²) in [7, 11) is 0. The Hall–Kier alpha value is -5.33. The number of aliphatic hydroxyl groups is 1. The van der Waals surface area contributed by atoms with Gasteiger partial charge in [0, 0.05) is 43.6 Å². The molecule has 4 unspecified atom stereocenters. The third-order valence-electron chi connectivity index (χ3n) is 9.25. The Kier molecular flexibility index (Phi) is 12.7. The maximum Gasteiger partial charge on any atom is 0.419 e. The number of nitrogens with one attached hydrogen (secondary N) is 2. The van der Waals surface area contributed by atoms with E-state index in [-0.39, 0.29) is 30.9 Å². The molecule has 4 atom stereocenters. The molecular formula is C39H47N7O5. The molecule has 2 aromatic carbocycles. The summed E-state index contributed by atoms with van der Waals surface area (Å²) >= 11 is 0. The number of pyridine rings is 2. The maximum absolute atomic E-state index is 14.2. The van der Waals surface area contributed by atoms with E-state index in [0.717, 1.165) is 33.8 Å². The molecule has 3 heterocycles. The zero-order valence-electron chi connectivity index (χ0n) is 29.4. The van der Waals surface area contributed by atoms with E-state index in [4.69, 9.17) is 0 Å². The summed E-state index contributed by atoms with van der Waals surface area (Å²) in [5.74, 6) is -0.532. The van der Waals surface area contributed by atoms with Crippen LogP contribution in [-0.4, -0.2) is 90.8 Å². The van der Waals surface area contributed by atoms with E-state index in [2.05, 4.69) is 20.7 Å². The summed E-state index contributed by atoms with van der Waals surface area (Å²) in [5, 5.41) is 25.9. The number of aliphatic hydroxyl groups excluding tert-OH is 1. The lowest BCUT2D eigenvalue weighted by Crippen LogP contribution is -2.58. The molecule has 2 aromatic heterocycles. The largest absolute Gasteiger partial charge is 0.464 e. The molecule has 0 bridgehead atoms. The molecule has 0 saturated carbocycles. The van der Waals surface area contributed by atoms with Gasteiger partial charge in [0.1, 0.15) is 6.04 Å². The topological polar surface area (TPSA) is 151 Å². The Morgan fingerprint density at radius 3 is 2.35 bits per heavy atom. The fourth-order valence-corrected chi connectivity index (χ4v) is 6.41. The summed E-state index contributed by atoms with van der Waals surface area (Å²) in [5.41, 5.74) is 7.50. The fourth-order valence-electron chi connectivity index (χ4n) is 6.41. The summed E-state index contributed by atoms with van der Waals surface area (Å²) < 4.78 is 0. The zero-order valence-corrected chi connectivity index (χ0v) is 29.4. The molecule has 268 valence electrons. The Balaban J connectivity index is 1.32. The number of hydrogen-bond donors (Lipinski definition) is 4. The van der Waals surface area contributed by atoms with E-state index >= 15 is 0 Å². The van der Waals surface area contributed by atoms with Crippen LogP contribution in [0.25, 0.3) is 11.3 Å². The molecule has 0 aliphatic carbocycles. The number of benzene rings is 2. The molecule has 51 heavy (non-hydrogen) atoms. The molecule has 12 heteroatoms. The number of nitrogens with zero attached hydrogens (tertiary/aromatic N) is 5. The van der Waals surface area contributed by atoms with Crippen molar-refractivity contribution >= 4 is 18.0 Å². The second kappa shape index (κ2) is 17.6. The lowest BCUT2D eigenvalue weighted by molar-refractivity contribution is -0.128. The quantitative estimate of drug-likeness (QED) is 0.121. The number of hydrazine groups is 1. The number of carbonyl (C=O) groups is 3. The molecule has 1 aliphatic heterocycles. The minimum atomic E-state index is -1.27. The second-order valence-corrected chi connectivity index (χ2v) is 13.1. The monoisotopic (exact) mass is 693 g/mol. The van der Waals surface area contributed by atoms with Crippen LogP contribution in [0.1, 0.15) is 42.8 Å².